The van der Waals surface area contributed by atoms with E-state index in [-0.39, 0.29) is 24.9 Å². The Bertz CT molecular complexity index is 1170. The fraction of sp³-hybridized carbons (Fsp3) is 0.333. The highest BCUT2D eigenvalue weighted by atomic mass is 32.2. The van der Waals surface area contributed by atoms with Gasteiger partial charge in [-0.1, -0.05) is 12.1 Å². The third-order valence-corrected chi connectivity index (χ3v) is 6.29. The third-order valence-electron chi connectivity index (χ3n) is 4.80. The van der Waals surface area contributed by atoms with Crippen LogP contribution in [0.5, 0.6) is 0 Å². The molecule has 30 heavy (non-hydrogen) atoms. The van der Waals surface area contributed by atoms with Crippen molar-refractivity contribution in [3.63, 3.8) is 0 Å². The summed E-state index contributed by atoms with van der Waals surface area (Å²) in [4.78, 5) is 13.8. The van der Waals surface area contributed by atoms with Gasteiger partial charge in [0.1, 0.15) is 22.9 Å². The van der Waals surface area contributed by atoms with Crippen LogP contribution in [-0.2, 0) is 14.8 Å². The average Bonchev–Trinajstić information content (AvgIpc) is 3.36. The number of carbonyl (C=O) groups is 1. The predicted molar refractivity (Wildman–Crippen MR) is 106 cm³/mol. The second kappa shape index (κ2) is 8.32. The summed E-state index contributed by atoms with van der Waals surface area (Å²) in [6.45, 7) is 1.20. The fourth-order valence-electron chi connectivity index (χ4n) is 3.31. The molecule has 0 bridgehead atoms. The topological polar surface area (TPSA) is 122 Å². The van der Waals surface area contributed by atoms with Crippen molar-refractivity contribution in [2.75, 3.05) is 24.5 Å². The van der Waals surface area contributed by atoms with E-state index in [2.05, 4.69) is 25.3 Å². The van der Waals surface area contributed by atoms with Crippen LogP contribution >= 0.6 is 0 Å². The number of fused-ring (bicyclic) bond motifs is 1. The van der Waals surface area contributed by atoms with Crippen LogP contribution in [0.3, 0.4) is 0 Å². The molecule has 0 unspecified atom stereocenters. The van der Waals surface area contributed by atoms with Gasteiger partial charge in [-0.3, -0.25) is 4.79 Å². The Balaban J connectivity index is 1.26. The molecule has 1 aliphatic heterocycles. The Morgan fingerprint density at radius 2 is 2.07 bits per heavy atom. The van der Waals surface area contributed by atoms with Crippen molar-refractivity contribution in [2.45, 2.75) is 23.8 Å². The lowest BCUT2D eigenvalue weighted by Crippen LogP contribution is -2.39. The van der Waals surface area contributed by atoms with E-state index in [9.17, 15) is 17.6 Å². The first-order valence-corrected chi connectivity index (χ1v) is 10.9. The minimum Gasteiger partial charge on any atom is -0.353 e. The quantitative estimate of drug-likeness (QED) is 0.551. The molecule has 2 N–H and O–H groups in total. The molecule has 0 aliphatic carbocycles. The molecule has 3 heterocycles. The van der Waals surface area contributed by atoms with E-state index in [0.29, 0.717) is 12.2 Å². The van der Waals surface area contributed by atoms with Crippen LogP contribution in [0.4, 0.5) is 10.2 Å². The lowest BCUT2D eigenvalue weighted by atomic mass is 10.2. The number of anilines is 1. The molecule has 10 nitrogen and oxygen atoms in total. The maximum atomic E-state index is 13.7. The smallest absolute Gasteiger partial charge is 0.243 e. The Morgan fingerprint density at radius 3 is 2.90 bits per heavy atom. The van der Waals surface area contributed by atoms with Gasteiger partial charge in [0.15, 0.2) is 5.65 Å². The van der Waals surface area contributed by atoms with E-state index in [1.807, 2.05) is 17.0 Å². The lowest BCUT2D eigenvalue weighted by molar-refractivity contribution is -0.121. The number of benzene rings is 1. The molecule has 0 radical (unpaired) electrons. The minimum absolute atomic E-state index is 0.0465. The van der Waals surface area contributed by atoms with Gasteiger partial charge >= 0.3 is 0 Å². The second-order valence-electron chi connectivity index (χ2n) is 6.90. The van der Waals surface area contributed by atoms with Gasteiger partial charge in [-0.25, -0.2) is 17.5 Å². The van der Waals surface area contributed by atoms with E-state index in [1.165, 1.54) is 24.5 Å². The van der Waals surface area contributed by atoms with Gasteiger partial charge in [-0.15, -0.1) is 15.3 Å². The number of nitrogens with zero attached hydrogens (tertiary/aromatic N) is 5. The molecular weight excluding hydrogens is 413 g/mol. The minimum atomic E-state index is -4.01. The predicted octanol–water partition coefficient (Wildman–Crippen LogP) is 0.327. The number of carbonyl (C=O) groups excluding carboxylic acids is 1. The Kier molecular flexibility index (Phi) is 5.59. The van der Waals surface area contributed by atoms with Crippen LogP contribution in [0.1, 0.15) is 12.8 Å². The molecule has 1 amide bonds. The van der Waals surface area contributed by atoms with E-state index >= 15 is 0 Å². The summed E-state index contributed by atoms with van der Waals surface area (Å²) in [5.41, 5.74) is 0.653. The second-order valence-corrected chi connectivity index (χ2v) is 8.64. The van der Waals surface area contributed by atoms with Crippen molar-refractivity contribution in [1.82, 2.24) is 29.9 Å². The number of sulfonamides is 1. The lowest BCUT2D eigenvalue weighted by Gasteiger charge is -2.17. The highest BCUT2D eigenvalue weighted by Gasteiger charge is 2.25. The first kappa shape index (κ1) is 20.2. The van der Waals surface area contributed by atoms with E-state index in [1.54, 1.807) is 4.52 Å². The SMILES string of the molecule is O=C(CCNS(=O)(=O)c1ccccc1F)N[C@@H]1CCN(c2ccc3nncn3n2)C1. The maximum Gasteiger partial charge on any atom is 0.243 e. The summed E-state index contributed by atoms with van der Waals surface area (Å²) in [7, 11) is -4.01. The Hall–Kier alpha value is -3.12. The summed E-state index contributed by atoms with van der Waals surface area (Å²) in [6, 6.07) is 8.70. The molecular formula is C18H20FN7O3S. The molecule has 2 aromatic heterocycles. The normalized spacial score (nSPS) is 16.8. The molecule has 3 aromatic rings. The van der Waals surface area contributed by atoms with Gasteiger partial charge in [0, 0.05) is 32.1 Å². The van der Waals surface area contributed by atoms with Crippen LogP contribution in [-0.4, -0.2) is 59.8 Å². The first-order chi connectivity index (χ1) is 14.4. The van der Waals surface area contributed by atoms with Crippen molar-refractivity contribution in [1.29, 1.82) is 0 Å². The van der Waals surface area contributed by atoms with Gasteiger partial charge in [-0.2, -0.15) is 4.52 Å². The van der Waals surface area contributed by atoms with Gasteiger partial charge in [0.2, 0.25) is 15.9 Å². The molecule has 1 saturated heterocycles. The summed E-state index contributed by atoms with van der Waals surface area (Å²) in [5.74, 6) is -0.351. The zero-order valence-electron chi connectivity index (χ0n) is 15.9. The van der Waals surface area contributed by atoms with Gasteiger partial charge in [0.05, 0.1) is 0 Å². The third kappa shape index (κ3) is 4.39. The number of nitrogens with one attached hydrogen (secondary N) is 2. The number of halogens is 1. The van der Waals surface area contributed by atoms with Gasteiger partial charge in [-0.05, 0) is 30.7 Å². The molecule has 1 aliphatic rings. The molecule has 1 fully saturated rings. The van der Waals surface area contributed by atoms with E-state index in [4.69, 9.17) is 0 Å². The van der Waals surface area contributed by atoms with Gasteiger partial charge < -0.3 is 10.2 Å². The molecule has 0 saturated carbocycles. The van der Waals surface area contributed by atoms with Crippen molar-refractivity contribution in [3.8, 4) is 0 Å². The van der Waals surface area contributed by atoms with Crippen LogP contribution in [0, 0.1) is 5.82 Å². The molecule has 4 rings (SSSR count). The van der Waals surface area contributed by atoms with Crippen molar-refractivity contribution < 1.29 is 17.6 Å². The van der Waals surface area contributed by atoms with Crippen LogP contribution < -0.4 is 14.9 Å². The highest BCUT2D eigenvalue weighted by Crippen LogP contribution is 2.18. The number of aromatic nitrogens is 4. The van der Waals surface area contributed by atoms with Crippen LogP contribution in [0.15, 0.2) is 47.6 Å². The monoisotopic (exact) mass is 433 g/mol. The first-order valence-electron chi connectivity index (χ1n) is 9.38. The molecule has 1 aromatic carbocycles. The molecule has 12 heteroatoms. The van der Waals surface area contributed by atoms with Crippen molar-refractivity contribution in [3.05, 3.63) is 48.5 Å². The fourth-order valence-corrected chi connectivity index (χ4v) is 4.42. The molecule has 1 atom stereocenters. The Labute approximate surface area is 172 Å². The number of hydrogen-bond donors (Lipinski definition) is 2. The Morgan fingerprint density at radius 1 is 1.23 bits per heavy atom. The van der Waals surface area contributed by atoms with Crippen molar-refractivity contribution >= 4 is 27.4 Å². The zero-order valence-corrected chi connectivity index (χ0v) is 16.7. The standard InChI is InChI=1S/C18H20FN7O3S/c19-14-3-1-2-4-15(14)30(28,29)21-9-7-18(27)22-13-8-10-25(11-13)17-6-5-16-23-20-12-26(16)24-17/h1-6,12-13,21H,7-11H2,(H,22,27)/t13-/m1/s1. The maximum absolute atomic E-state index is 13.7. The highest BCUT2D eigenvalue weighted by molar-refractivity contribution is 7.89. The van der Waals surface area contributed by atoms with Crippen LogP contribution in [0.25, 0.3) is 5.65 Å². The molecule has 158 valence electrons. The molecule has 0 spiro atoms. The van der Waals surface area contributed by atoms with Gasteiger partial charge in [0.25, 0.3) is 0 Å². The summed E-state index contributed by atoms with van der Waals surface area (Å²) in [6.07, 6.45) is 2.22. The summed E-state index contributed by atoms with van der Waals surface area (Å²) < 4.78 is 41.8. The average molecular weight is 433 g/mol. The number of amides is 1. The van der Waals surface area contributed by atoms with Crippen molar-refractivity contribution in [2.24, 2.45) is 0 Å². The van der Waals surface area contributed by atoms with Crippen LogP contribution in [0.2, 0.25) is 0 Å². The zero-order chi connectivity index (χ0) is 21.1. The number of rotatable bonds is 7. The van der Waals surface area contributed by atoms with E-state index < -0.39 is 20.7 Å². The van der Waals surface area contributed by atoms with E-state index in [0.717, 1.165) is 24.8 Å². The summed E-state index contributed by atoms with van der Waals surface area (Å²) in [5, 5.41) is 15.1. The number of hydrogen-bond acceptors (Lipinski definition) is 7. The summed E-state index contributed by atoms with van der Waals surface area (Å²) >= 11 is 0. The largest absolute Gasteiger partial charge is 0.353 e.